The second-order valence-corrected chi connectivity index (χ2v) is 33.4. The number of allylic oxidation sites excluding steroid dienone is 2. The van der Waals surface area contributed by atoms with Gasteiger partial charge in [-0.05, 0) is 302 Å². The number of benzene rings is 6. The van der Waals surface area contributed by atoms with Crippen LogP contribution in [0, 0.1) is 53.3 Å². The van der Waals surface area contributed by atoms with Crippen LogP contribution < -0.4 is 19.1 Å². The first-order valence-electron chi connectivity index (χ1n) is 39.2. The maximum atomic E-state index is 11.2. The van der Waals surface area contributed by atoms with Crippen molar-refractivity contribution in [3.63, 3.8) is 0 Å². The lowest BCUT2D eigenvalue weighted by Crippen LogP contribution is -2.44. The molecule has 0 spiro atoms. The fourth-order valence-electron chi connectivity index (χ4n) is 20.9. The molecule has 0 amide bonds. The number of halogens is 3. The molecule has 3 unspecified atom stereocenters. The molecule has 9 atom stereocenters. The van der Waals surface area contributed by atoms with E-state index in [2.05, 4.69) is 116 Å². The molecule has 4 aliphatic heterocycles. The minimum Gasteiger partial charge on any atom is -0.496 e. The third-order valence-corrected chi connectivity index (χ3v) is 27.0. The largest absolute Gasteiger partial charge is 0.496 e. The molecule has 4 heterocycles. The molecule has 10 fully saturated rings. The molecule has 11 aliphatic rings. The quantitative estimate of drug-likeness (QED) is 0.0753. The number of nitrogens with zero attached hydrogens (tertiary/aromatic N) is 5. The number of anilines is 1. The van der Waals surface area contributed by atoms with Gasteiger partial charge >= 0.3 is 0 Å². The van der Waals surface area contributed by atoms with Crippen molar-refractivity contribution >= 4 is 46.2 Å². The van der Waals surface area contributed by atoms with Crippen molar-refractivity contribution in [3.8, 4) is 28.4 Å². The zero-order chi connectivity index (χ0) is 69.2. The fourth-order valence-corrected chi connectivity index (χ4v) is 21.4. The lowest BCUT2D eigenvalue weighted by atomic mass is 9.75. The van der Waals surface area contributed by atoms with Crippen molar-refractivity contribution in [2.24, 2.45) is 58.4 Å². The zero-order valence-corrected chi connectivity index (χ0v) is 62.8. The minimum atomic E-state index is -0.832. The van der Waals surface area contributed by atoms with Crippen LogP contribution in [0.2, 0.25) is 15.1 Å². The van der Waals surface area contributed by atoms with E-state index in [1.54, 1.807) is 21.3 Å². The Morgan fingerprint density at radius 2 is 1.07 bits per heavy atom. The molecule has 6 saturated carbocycles. The Morgan fingerprint density at radius 1 is 0.485 bits per heavy atom. The van der Waals surface area contributed by atoms with Gasteiger partial charge in [0.05, 0.1) is 38.3 Å². The highest BCUT2D eigenvalue weighted by atomic mass is 35.5. The molecular weight excluding hydrogens is 1310 g/mol. The van der Waals surface area contributed by atoms with Gasteiger partial charge in [-0.1, -0.05) is 150 Å². The molecule has 17 rings (SSSR count). The first-order valence-corrected chi connectivity index (χ1v) is 40.3. The van der Waals surface area contributed by atoms with E-state index in [1.165, 1.54) is 182 Å². The monoisotopic (exact) mass is 1420 g/mol. The SMILES string of the molecule is COc1ccc(Cl)cc1C1(O)CCN(C[C@H]2C[C@H]3C=CC2C3)CC1.COc1ccc(Cl)cc1N1CCC(C2CCC(=NOCc3ccccc3)CC2)CC1.COc1ccccc1C1CCN([C@H]2C[C@H]3CCC2C3)CC1.Clc1cccc(-c2ccccc2C2CCN([C@H]3C[C@H]4CCC3C4)CC2)c1. The fraction of sp³-hybridized carbons (Fsp3) is 0.557. The average Bonchev–Trinajstić information content (AvgIpc) is 1.78. The Labute approximate surface area is 619 Å². The number of piperidine rings is 4. The molecule has 6 aromatic rings. The zero-order valence-electron chi connectivity index (χ0n) is 60.5. The summed E-state index contributed by atoms with van der Waals surface area (Å²) in [6, 6.07) is 49.3. The summed E-state index contributed by atoms with van der Waals surface area (Å²) in [6.07, 6.45) is 33.3. The summed E-state index contributed by atoms with van der Waals surface area (Å²) in [5, 5.41) is 17.8. The van der Waals surface area contributed by atoms with E-state index in [1.807, 2.05) is 60.7 Å². The van der Waals surface area contributed by atoms with Gasteiger partial charge in [-0.2, -0.15) is 0 Å². The first-order chi connectivity index (χ1) is 49.4. The number of oxime groups is 1. The molecule has 7 aliphatic carbocycles. The number of hydrogen-bond acceptors (Lipinski definition) is 10. The van der Waals surface area contributed by atoms with E-state index < -0.39 is 5.60 Å². The smallest absolute Gasteiger partial charge is 0.142 e. The summed E-state index contributed by atoms with van der Waals surface area (Å²) in [6.45, 7) is 10.9. The van der Waals surface area contributed by atoms with Gasteiger partial charge in [0.1, 0.15) is 23.9 Å². The van der Waals surface area contributed by atoms with Crippen LogP contribution in [0.1, 0.15) is 175 Å². The molecule has 6 aromatic carbocycles. The van der Waals surface area contributed by atoms with Crippen LogP contribution in [-0.2, 0) is 17.0 Å². The predicted octanol–water partition coefficient (Wildman–Crippen LogP) is 20.6. The van der Waals surface area contributed by atoms with Crippen LogP contribution in [0.15, 0.2) is 157 Å². The Bertz CT molecular complexity index is 3700. The average molecular weight is 1430 g/mol. The molecule has 0 radical (unpaired) electrons. The summed E-state index contributed by atoms with van der Waals surface area (Å²) in [5.74, 6) is 12.3. The van der Waals surface area contributed by atoms with Gasteiger partial charge in [0.2, 0.25) is 0 Å². The van der Waals surface area contributed by atoms with E-state index in [-0.39, 0.29) is 0 Å². The predicted molar refractivity (Wildman–Crippen MR) is 415 cm³/mol. The minimum absolute atomic E-state index is 0.555. The summed E-state index contributed by atoms with van der Waals surface area (Å²) in [7, 11) is 5.17. The van der Waals surface area contributed by atoms with Crippen molar-refractivity contribution in [2.75, 3.05) is 85.1 Å². The highest BCUT2D eigenvalue weighted by Gasteiger charge is 2.45. The number of methoxy groups -OCH3 is 3. The summed E-state index contributed by atoms with van der Waals surface area (Å²) in [5.41, 5.74) is 9.08. The van der Waals surface area contributed by atoms with Gasteiger partial charge in [-0.15, -0.1) is 0 Å². The lowest BCUT2D eigenvalue weighted by Gasteiger charge is -2.40. The topological polar surface area (TPSA) is 82.5 Å². The van der Waals surface area contributed by atoms with Crippen LogP contribution in [0.4, 0.5) is 5.69 Å². The van der Waals surface area contributed by atoms with E-state index in [4.69, 9.17) is 53.9 Å². The Balaban J connectivity index is 0.000000115. The molecule has 6 bridgehead atoms. The highest BCUT2D eigenvalue weighted by molar-refractivity contribution is 6.31. The van der Waals surface area contributed by atoms with Crippen molar-refractivity contribution < 1.29 is 24.2 Å². The molecule has 101 heavy (non-hydrogen) atoms. The number of fused-ring (bicyclic) bond motifs is 6. The van der Waals surface area contributed by atoms with Crippen LogP contribution in [0.3, 0.4) is 0 Å². The second kappa shape index (κ2) is 34.1. The van der Waals surface area contributed by atoms with Gasteiger partial charge in [0.25, 0.3) is 0 Å². The molecule has 1 N–H and O–H groups in total. The summed E-state index contributed by atoms with van der Waals surface area (Å²) >= 11 is 18.6. The normalized spacial score (nSPS) is 28.0. The van der Waals surface area contributed by atoms with E-state index in [0.717, 1.165) is 156 Å². The number of aliphatic hydroxyl groups is 1. The van der Waals surface area contributed by atoms with Crippen molar-refractivity contribution in [1.82, 2.24) is 14.7 Å². The number of ether oxygens (including phenoxy) is 3. The molecule has 10 nitrogen and oxygen atoms in total. The van der Waals surface area contributed by atoms with E-state index in [9.17, 15) is 5.11 Å². The highest BCUT2D eigenvalue weighted by Crippen LogP contribution is 2.51. The number of rotatable bonds is 16. The van der Waals surface area contributed by atoms with Gasteiger partial charge in [-0.3, -0.25) is 0 Å². The second-order valence-electron chi connectivity index (χ2n) is 32.1. The molecule has 13 heteroatoms. The third-order valence-electron chi connectivity index (χ3n) is 26.3. The van der Waals surface area contributed by atoms with Gasteiger partial charge < -0.3 is 43.8 Å². The van der Waals surface area contributed by atoms with Crippen LogP contribution in [0.25, 0.3) is 11.1 Å². The van der Waals surface area contributed by atoms with Crippen LogP contribution in [0.5, 0.6) is 17.2 Å². The Hall–Kier alpha value is -5.56. The van der Waals surface area contributed by atoms with E-state index in [0.29, 0.717) is 23.5 Å². The molecular formula is C88H112Cl3N5O5. The summed E-state index contributed by atoms with van der Waals surface area (Å²) in [4.78, 5) is 16.2. The van der Waals surface area contributed by atoms with Crippen molar-refractivity contribution in [1.29, 1.82) is 0 Å². The number of likely N-dealkylation sites (tertiary alicyclic amines) is 3. The van der Waals surface area contributed by atoms with Crippen LogP contribution in [-0.4, -0.2) is 118 Å². The van der Waals surface area contributed by atoms with Gasteiger partial charge in [-0.25, -0.2) is 0 Å². The van der Waals surface area contributed by atoms with Crippen molar-refractivity contribution in [2.45, 2.75) is 177 Å². The molecule has 4 saturated heterocycles. The first kappa shape index (κ1) is 72.4. The maximum Gasteiger partial charge on any atom is 0.142 e. The standard InChI is InChI=1S/C25H31ClN2O2.C24H28ClN.C20H26ClNO2.C19H27NO/c1-29-25-12-9-22(26)17-24(25)28-15-13-21(14-16-28)20-7-10-23(11-8-20)27-30-18-19-5-3-2-4-6-19;25-21-5-3-4-19(16-21)23-7-2-1-6-22(23)18-10-12-26(13-11-18)24-15-17-8-9-20(24)14-17;1-24-19-5-4-17(21)12-18(19)20(23)6-8-22(9-7-20)13-16-11-14-2-3-15(16)10-14;1-21-19-5-3-2-4-17(19)15-8-10-20(11-9-15)18-13-14-6-7-16(18)12-14/h2-6,9,12,17,20-21H,7-8,10-11,13-16,18H2,1H3;1-7,16-18,20,24H,8-15H2;2-5,12,14-16,23H,6-11,13H2,1H3;2-5,14-16,18H,6-13H2,1H3/t;17-,20?,24-;14-,15?,16+;14-,16?,18-/m.000/s1. The molecule has 0 aromatic heterocycles. The number of hydrogen-bond donors (Lipinski definition) is 1. The third kappa shape index (κ3) is 17.7. The van der Waals surface area contributed by atoms with Crippen LogP contribution >= 0.6 is 34.8 Å². The van der Waals surface area contributed by atoms with Gasteiger partial charge in [0.15, 0.2) is 0 Å². The summed E-state index contributed by atoms with van der Waals surface area (Å²) < 4.78 is 16.5. The lowest BCUT2D eigenvalue weighted by molar-refractivity contribution is -0.0309. The van der Waals surface area contributed by atoms with Crippen molar-refractivity contribution in [3.05, 3.63) is 189 Å². The maximum absolute atomic E-state index is 11.2. The van der Waals surface area contributed by atoms with Gasteiger partial charge in [0, 0.05) is 65.4 Å². The van der Waals surface area contributed by atoms with E-state index >= 15 is 0 Å². The Kier molecular flexibility index (Phi) is 24.5. The number of para-hydroxylation sites is 1. The molecule has 540 valence electrons. The Morgan fingerprint density at radius 3 is 1.66 bits per heavy atom.